The summed E-state index contributed by atoms with van der Waals surface area (Å²) in [7, 11) is 0. The van der Waals surface area contributed by atoms with E-state index in [4.69, 9.17) is 0 Å². The molecule has 1 heterocycles. The minimum atomic E-state index is -0.297. The number of aromatic nitrogens is 2. The summed E-state index contributed by atoms with van der Waals surface area (Å²) in [4.78, 5) is 16.6. The fraction of sp³-hybridized carbons (Fsp3) is 0.200. The maximum absolute atomic E-state index is 13.1. The molecule has 1 aromatic heterocycles. The van der Waals surface area contributed by atoms with Crippen LogP contribution >= 0.6 is 11.8 Å². The number of thioether (sulfide) groups is 1. The molecule has 3 aromatic rings. The van der Waals surface area contributed by atoms with Crippen molar-refractivity contribution in [2.75, 3.05) is 11.1 Å². The molecule has 7 heteroatoms. The van der Waals surface area contributed by atoms with Crippen molar-refractivity contribution in [1.29, 1.82) is 0 Å². The molecule has 2 N–H and O–H groups in total. The molecule has 0 saturated carbocycles. The summed E-state index contributed by atoms with van der Waals surface area (Å²) in [5.41, 5.74) is 3.31. The zero-order valence-electron chi connectivity index (χ0n) is 14.9. The highest BCUT2D eigenvalue weighted by Crippen LogP contribution is 2.21. The van der Waals surface area contributed by atoms with Gasteiger partial charge in [0.05, 0.1) is 24.3 Å². The number of hydrogen-bond acceptors (Lipinski definition) is 4. The number of carbonyl (C=O) groups excluding carboxylic acids is 1. The maximum Gasteiger partial charge on any atom is 0.234 e. The Labute approximate surface area is 161 Å². The van der Waals surface area contributed by atoms with Crippen LogP contribution in [0.25, 0.3) is 0 Å². The topological polar surface area (TPSA) is 67.2 Å². The van der Waals surface area contributed by atoms with E-state index >= 15 is 0 Å². The molecule has 0 unspecified atom stereocenters. The molecule has 140 valence electrons. The molecule has 2 aromatic carbocycles. The number of amides is 1. The van der Waals surface area contributed by atoms with E-state index in [-0.39, 0.29) is 24.1 Å². The monoisotopic (exact) mass is 385 g/mol. The normalized spacial score (nSPS) is 10.8. The Bertz CT molecular complexity index is 925. The first-order valence-corrected chi connectivity index (χ1v) is 9.43. The summed E-state index contributed by atoms with van der Waals surface area (Å²) in [5.74, 6) is -0.231. The van der Waals surface area contributed by atoms with Crippen molar-refractivity contribution in [1.82, 2.24) is 9.55 Å². The van der Waals surface area contributed by atoms with Gasteiger partial charge in [0.1, 0.15) is 5.82 Å². The molecule has 0 spiro atoms. The quantitative estimate of drug-likeness (QED) is 0.610. The number of rotatable bonds is 7. The van der Waals surface area contributed by atoms with E-state index in [1.165, 1.54) is 23.9 Å². The van der Waals surface area contributed by atoms with Crippen LogP contribution in [-0.2, 0) is 17.9 Å². The van der Waals surface area contributed by atoms with Gasteiger partial charge in [-0.05, 0) is 36.2 Å². The van der Waals surface area contributed by atoms with E-state index in [0.717, 1.165) is 16.8 Å². The summed E-state index contributed by atoms with van der Waals surface area (Å²) >= 11 is 1.29. The average molecular weight is 385 g/mol. The Hall–Kier alpha value is -2.64. The Morgan fingerprint density at radius 1 is 1.22 bits per heavy atom. The fourth-order valence-corrected chi connectivity index (χ4v) is 3.40. The summed E-state index contributed by atoms with van der Waals surface area (Å²) in [6.07, 6.45) is 1.59. The van der Waals surface area contributed by atoms with Gasteiger partial charge in [-0.25, -0.2) is 9.37 Å². The first kappa shape index (κ1) is 19.1. The Morgan fingerprint density at radius 3 is 2.67 bits per heavy atom. The molecular formula is C20H20FN3O2S. The third-order valence-electron chi connectivity index (χ3n) is 4.07. The van der Waals surface area contributed by atoms with Gasteiger partial charge in [0, 0.05) is 12.2 Å². The van der Waals surface area contributed by atoms with Crippen LogP contribution in [0.1, 0.15) is 16.8 Å². The summed E-state index contributed by atoms with van der Waals surface area (Å²) in [6.45, 7) is 2.22. The van der Waals surface area contributed by atoms with Crippen molar-refractivity contribution in [3.63, 3.8) is 0 Å². The van der Waals surface area contributed by atoms with Crippen LogP contribution in [0.3, 0.4) is 0 Å². The highest BCUT2D eigenvalue weighted by molar-refractivity contribution is 7.99. The van der Waals surface area contributed by atoms with Crippen LogP contribution in [0.5, 0.6) is 0 Å². The number of nitrogens with zero attached hydrogens (tertiary/aromatic N) is 2. The van der Waals surface area contributed by atoms with Crippen LogP contribution in [-0.4, -0.2) is 26.3 Å². The van der Waals surface area contributed by atoms with Crippen LogP contribution in [0.2, 0.25) is 0 Å². The van der Waals surface area contributed by atoms with Gasteiger partial charge in [0.15, 0.2) is 5.16 Å². The minimum absolute atomic E-state index is 0.129. The second-order valence-corrected chi connectivity index (χ2v) is 7.00. The standard InChI is InChI=1S/C20H20FN3O2S/c1-14-4-2-3-5-18(14)23-19(26)13-27-20-22-10-17(12-25)24(20)11-15-6-8-16(21)9-7-15/h2-10,25H,11-13H2,1H3,(H,23,26). The van der Waals surface area contributed by atoms with E-state index in [2.05, 4.69) is 10.3 Å². The zero-order chi connectivity index (χ0) is 19.2. The number of nitrogens with one attached hydrogen (secondary N) is 1. The van der Waals surface area contributed by atoms with E-state index < -0.39 is 0 Å². The molecule has 0 aliphatic heterocycles. The molecule has 0 atom stereocenters. The molecule has 0 aliphatic carbocycles. The third-order valence-corrected chi connectivity index (χ3v) is 5.06. The summed E-state index contributed by atoms with van der Waals surface area (Å²) < 4.78 is 14.9. The number of hydrogen-bond donors (Lipinski definition) is 2. The van der Waals surface area contributed by atoms with E-state index in [1.54, 1.807) is 18.3 Å². The lowest BCUT2D eigenvalue weighted by atomic mass is 10.2. The predicted molar refractivity (Wildman–Crippen MR) is 104 cm³/mol. The summed E-state index contributed by atoms with van der Waals surface area (Å²) in [6, 6.07) is 13.8. The molecule has 1 amide bonds. The van der Waals surface area contributed by atoms with Crippen molar-refractivity contribution in [3.05, 3.63) is 77.4 Å². The van der Waals surface area contributed by atoms with Gasteiger partial charge in [-0.1, -0.05) is 42.1 Å². The number of aliphatic hydroxyl groups is 1. The molecule has 3 rings (SSSR count). The maximum atomic E-state index is 13.1. The van der Waals surface area contributed by atoms with Gasteiger partial charge in [0.2, 0.25) is 5.91 Å². The van der Waals surface area contributed by atoms with Gasteiger partial charge >= 0.3 is 0 Å². The van der Waals surface area contributed by atoms with Gasteiger partial charge < -0.3 is 15.0 Å². The largest absolute Gasteiger partial charge is 0.390 e. The lowest BCUT2D eigenvalue weighted by Crippen LogP contribution is -2.15. The molecule has 0 aliphatic rings. The second-order valence-electron chi connectivity index (χ2n) is 6.05. The molecule has 27 heavy (non-hydrogen) atoms. The smallest absolute Gasteiger partial charge is 0.234 e. The van der Waals surface area contributed by atoms with Gasteiger partial charge in [-0.2, -0.15) is 0 Å². The third kappa shape index (κ3) is 4.96. The van der Waals surface area contributed by atoms with E-state index in [1.807, 2.05) is 35.8 Å². The van der Waals surface area contributed by atoms with Crippen LogP contribution in [0.4, 0.5) is 10.1 Å². The summed E-state index contributed by atoms with van der Waals surface area (Å²) in [5, 5.41) is 13.1. The number of para-hydroxylation sites is 1. The molecule has 0 saturated heterocycles. The fourth-order valence-electron chi connectivity index (χ4n) is 2.60. The second kappa shape index (κ2) is 8.83. The number of aryl methyl sites for hydroxylation is 1. The lowest BCUT2D eigenvalue weighted by molar-refractivity contribution is -0.113. The van der Waals surface area contributed by atoms with Gasteiger partial charge in [-0.15, -0.1) is 0 Å². The van der Waals surface area contributed by atoms with E-state index in [0.29, 0.717) is 17.4 Å². The minimum Gasteiger partial charge on any atom is -0.390 e. The zero-order valence-corrected chi connectivity index (χ0v) is 15.7. The highest BCUT2D eigenvalue weighted by atomic mass is 32.2. The van der Waals surface area contributed by atoms with Crippen LogP contribution in [0, 0.1) is 12.7 Å². The number of benzene rings is 2. The van der Waals surface area contributed by atoms with Gasteiger partial charge in [-0.3, -0.25) is 4.79 Å². The molecular weight excluding hydrogens is 365 g/mol. The first-order valence-electron chi connectivity index (χ1n) is 8.45. The number of anilines is 1. The van der Waals surface area contributed by atoms with Crippen LogP contribution in [0.15, 0.2) is 59.9 Å². The van der Waals surface area contributed by atoms with Crippen molar-refractivity contribution in [3.8, 4) is 0 Å². The molecule has 5 nitrogen and oxygen atoms in total. The first-order chi connectivity index (χ1) is 13.1. The SMILES string of the molecule is Cc1ccccc1NC(=O)CSc1ncc(CO)n1Cc1ccc(F)cc1. The number of imidazole rings is 1. The number of halogens is 1. The van der Waals surface area contributed by atoms with Crippen LogP contribution < -0.4 is 5.32 Å². The Kier molecular flexibility index (Phi) is 6.26. The molecule has 0 fully saturated rings. The molecule has 0 radical (unpaired) electrons. The van der Waals surface area contributed by atoms with Crippen molar-refractivity contribution in [2.45, 2.75) is 25.2 Å². The highest BCUT2D eigenvalue weighted by Gasteiger charge is 2.13. The lowest BCUT2D eigenvalue weighted by Gasteiger charge is -2.11. The Balaban J connectivity index is 1.68. The number of carbonyl (C=O) groups is 1. The van der Waals surface area contributed by atoms with E-state index in [9.17, 15) is 14.3 Å². The number of aliphatic hydroxyl groups excluding tert-OH is 1. The Morgan fingerprint density at radius 2 is 1.96 bits per heavy atom. The average Bonchev–Trinajstić information content (AvgIpc) is 3.05. The van der Waals surface area contributed by atoms with Crippen molar-refractivity contribution in [2.24, 2.45) is 0 Å². The molecule has 0 bridgehead atoms. The van der Waals surface area contributed by atoms with Crippen molar-refractivity contribution >= 4 is 23.4 Å². The van der Waals surface area contributed by atoms with Gasteiger partial charge in [0.25, 0.3) is 0 Å². The van der Waals surface area contributed by atoms with Crippen molar-refractivity contribution < 1.29 is 14.3 Å². The predicted octanol–water partition coefficient (Wildman–Crippen LogP) is 3.60.